The molecule has 0 radical (unpaired) electrons. The van der Waals surface area contributed by atoms with E-state index in [1.165, 1.54) is 12.0 Å². The second kappa shape index (κ2) is 18.5. The summed E-state index contributed by atoms with van der Waals surface area (Å²) in [6.07, 6.45) is 1.47. The van der Waals surface area contributed by atoms with Gasteiger partial charge >= 0.3 is 12.2 Å². The third-order valence-electron chi connectivity index (χ3n) is 8.00. The van der Waals surface area contributed by atoms with E-state index in [-0.39, 0.29) is 17.7 Å². The quantitative estimate of drug-likeness (QED) is 0.325. The summed E-state index contributed by atoms with van der Waals surface area (Å²) in [6.45, 7) is 8.51. The van der Waals surface area contributed by atoms with Gasteiger partial charge in [0.1, 0.15) is 5.75 Å². The number of nitrogens with zero attached hydrogens (tertiary/aromatic N) is 1. The van der Waals surface area contributed by atoms with Crippen molar-refractivity contribution in [1.82, 2.24) is 10.2 Å². The van der Waals surface area contributed by atoms with Crippen molar-refractivity contribution in [2.45, 2.75) is 77.8 Å². The third-order valence-corrected chi connectivity index (χ3v) is 8.00. The van der Waals surface area contributed by atoms with Gasteiger partial charge in [-0.15, -0.1) is 0 Å². The number of nitrogens with two attached hydrogens (primary N) is 1. The van der Waals surface area contributed by atoms with Crippen molar-refractivity contribution in [2.24, 2.45) is 17.6 Å². The zero-order chi connectivity index (χ0) is 33.7. The van der Waals surface area contributed by atoms with E-state index in [1.807, 2.05) is 26.0 Å². The lowest BCUT2D eigenvalue weighted by atomic mass is 9.88. The lowest BCUT2D eigenvalue weighted by molar-refractivity contribution is -0.112. The SMILES string of the molecule is CNCCN(C)C(=O)Oc1cc2cc(c1)NC(=O)/C(C)=C/CC[C@H](OC)[C@@H](OC(N)=O)/C(C)=C/[C@H](C)[C@@H](O)[C@@H](OC)C[C@H](C)C2. The minimum atomic E-state index is -0.938. The molecule has 0 saturated heterocycles. The van der Waals surface area contributed by atoms with E-state index in [1.54, 1.807) is 53.3 Å². The first-order valence-electron chi connectivity index (χ1n) is 15.4. The Balaban J connectivity index is 2.50. The van der Waals surface area contributed by atoms with Crippen molar-refractivity contribution in [3.05, 3.63) is 47.1 Å². The van der Waals surface area contributed by atoms with E-state index in [9.17, 15) is 19.5 Å². The molecule has 2 rings (SSSR count). The molecule has 2 bridgehead atoms. The number of primary amides is 1. The van der Waals surface area contributed by atoms with E-state index >= 15 is 0 Å². The first-order chi connectivity index (χ1) is 21.3. The van der Waals surface area contributed by atoms with Crippen molar-refractivity contribution < 1.29 is 38.4 Å². The molecule has 1 aliphatic rings. The molecule has 0 spiro atoms. The maximum atomic E-state index is 13.2. The second-order valence-corrected chi connectivity index (χ2v) is 11.9. The van der Waals surface area contributed by atoms with Crippen molar-refractivity contribution in [1.29, 1.82) is 0 Å². The van der Waals surface area contributed by atoms with E-state index in [0.29, 0.717) is 61.4 Å². The largest absolute Gasteiger partial charge is 0.439 e. The number of fused-ring (bicyclic) bond motifs is 2. The lowest BCUT2D eigenvalue weighted by Crippen LogP contribution is -2.37. The maximum absolute atomic E-state index is 13.2. The van der Waals surface area contributed by atoms with Crippen molar-refractivity contribution >= 4 is 23.8 Å². The fraction of sp³-hybridized carbons (Fsp3) is 0.606. The normalized spacial score (nSPS) is 27.7. The number of hydrogen-bond acceptors (Lipinski definition) is 9. The number of allylic oxidation sites excluding steroid dienone is 1. The number of carbonyl (C=O) groups is 3. The van der Waals surface area contributed by atoms with Gasteiger partial charge < -0.3 is 45.3 Å². The molecule has 0 saturated carbocycles. The minimum absolute atomic E-state index is 0.0437. The van der Waals surface area contributed by atoms with Gasteiger partial charge in [0.05, 0.1) is 18.3 Å². The van der Waals surface area contributed by atoms with E-state index in [4.69, 9.17) is 24.7 Å². The van der Waals surface area contributed by atoms with Crippen LogP contribution in [0.3, 0.4) is 0 Å². The zero-order valence-electron chi connectivity index (χ0n) is 27.9. The Labute approximate surface area is 267 Å². The first-order valence-corrected chi connectivity index (χ1v) is 15.4. The molecule has 0 fully saturated rings. The lowest BCUT2D eigenvalue weighted by Gasteiger charge is -2.30. The summed E-state index contributed by atoms with van der Waals surface area (Å²) in [5.41, 5.74) is 7.89. The number of aliphatic hydroxyl groups excluding tert-OH is 1. The second-order valence-electron chi connectivity index (χ2n) is 11.9. The van der Waals surface area contributed by atoms with Gasteiger partial charge in [0.25, 0.3) is 5.91 Å². The maximum Gasteiger partial charge on any atom is 0.415 e. The molecule has 0 aromatic heterocycles. The summed E-state index contributed by atoms with van der Waals surface area (Å²) in [6, 6.07) is 5.27. The summed E-state index contributed by atoms with van der Waals surface area (Å²) < 4.78 is 22.6. The Morgan fingerprint density at radius 3 is 2.44 bits per heavy atom. The van der Waals surface area contributed by atoms with Crippen LogP contribution in [-0.2, 0) is 25.4 Å². The monoisotopic (exact) mass is 632 g/mol. The van der Waals surface area contributed by atoms with Crippen molar-refractivity contribution in [3.8, 4) is 5.75 Å². The number of aliphatic hydroxyl groups is 1. The Morgan fingerprint density at radius 2 is 1.82 bits per heavy atom. The van der Waals surface area contributed by atoms with Crippen LogP contribution in [0.4, 0.5) is 15.3 Å². The number of rotatable bonds is 7. The van der Waals surface area contributed by atoms with Gasteiger partial charge in [0.2, 0.25) is 0 Å². The van der Waals surface area contributed by atoms with E-state index in [2.05, 4.69) is 10.6 Å². The molecule has 3 amide bonds. The van der Waals surface area contributed by atoms with Crippen LogP contribution >= 0.6 is 0 Å². The summed E-state index contributed by atoms with van der Waals surface area (Å²) in [5, 5.41) is 17.2. The molecule has 12 heteroatoms. The molecular formula is C33H52N4O8. The topological polar surface area (TPSA) is 162 Å². The molecule has 252 valence electrons. The van der Waals surface area contributed by atoms with Crippen LogP contribution in [0.15, 0.2) is 41.5 Å². The Bertz CT molecular complexity index is 1200. The number of nitrogens with one attached hydrogen (secondary N) is 2. The number of ether oxygens (including phenoxy) is 4. The van der Waals surface area contributed by atoms with Gasteiger partial charge in [-0.05, 0) is 75.8 Å². The van der Waals surface area contributed by atoms with Crippen LogP contribution in [0, 0.1) is 11.8 Å². The Morgan fingerprint density at radius 1 is 1.13 bits per heavy atom. The van der Waals surface area contributed by atoms with Crippen LogP contribution in [0.2, 0.25) is 0 Å². The van der Waals surface area contributed by atoms with Crippen LogP contribution in [-0.4, -0.2) is 93.9 Å². The molecule has 1 aromatic rings. The summed E-state index contributed by atoms with van der Waals surface area (Å²) in [5.74, 6) is -0.307. The zero-order valence-corrected chi connectivity index (χ0v) is 27.9. The number of methoxy groups -OCH3 is 2. The highest BCUT2D eigenvalue weighted by Gasteiger charge is 2.30. The minimum Gasteiger partial charge on any atom is -0.439 e. The fourth-order valence-corrected chi connectivity index (χ4v) is 5.43. The number of carbonyl (C=O) groups excluding carboxylic acids is 3. The number of hydrogen-bond donors (Lipinski definition) is 4. The predicted molar refractivity (Wildman–Crippen MR) is 173 cm³/mol. The van der Waals surface area contributed by atoms with Gasteiger partial charge in [0.15, 0.2) is 6.10 Å². The van der Waals surface area contributed by atoms with Gasteiger partial charge in [-0.1, -0.05) is 26.0 Å². The number of likely N-dealkylation sites (N-methyl/N-ethyl adjacent to an activating group) is 2. The molecule has 6 atom stereocenters. The number of anilines is 1. The third kappa shape index (κ3) is 12.1. The molecule has 0 aliphatic carbocycles. The predicted octanol–water partition coefficient (Wildman–Crippen LogP) is 4.02. The van der Waals surface area contributed by atoms with Crippen LogP contribution in [0.25, 0.3) is 0 Å². The van der Waals surface area contributed by atoms with Gasteiger partial charge in [0, 0.05) is 57.6 Å². The van der Waals surface area contributed by atoms with Gasteiger partial charge in [-0.25, -0.2) is 9.59 Å². The highest BCUT2D eigenvalue weighted by atomic mass is 16.6. The Hall–Kier alpha value is -3.45. The van der Waals surface area contributed by atoms with Gasteiger partial charge in [-0.3, -0.25) is 4.79 Å². The first kappa shape index (κ1) is 37.7. The van der Waals surface area contributed by atoms with Crippen LogP contribution < -0.4 is 21.1 Å². The molecule has 0 unspecified atom stereocenters. The number of benzene rings is 1. The molecule has 12 nitrogen and oxygen atoms in total. The standard InChI is InChI=1S/C33H52N4O8/c1-20-14-24-17-25(19-26(18-24)44-33(41)37(6)13-12-35-5)36-31(39)21(2)10-9-11-27(42-7)30(45-32(34)40)23(4)16-22(3)29(38)28(15-20)43-8/h10,16-20,22,27-30,35,38H,9,11-15H2,1-8H3,(H2,34,40)(H,36,39)/b21-10+,23-16+/t20-,22+,27+,28+,29-,30+/m1/s1. The van der Waals surface area contributed by atoms with Crippen LogP contribution in [0.1, 0.15) is 52.5 Å². The molecule has 1 aromatic carbocycles. The van der Waals surface area contributed by atoms with Crippen LogP contribution in [0.5, 0.6) is 5.75 Å². The van der Waals surface area contributed by atoms with E-state index < -0.39 is 36.6 Å². The smallest absolute Gasteiger partial charge is 0.415 e. The molecule has 1 heterocycles. The van der Waals surface area contributed by atoms with Gasteiger partial charge in [-0.2, -0.15) is 0 Å². The molecule has 45 heavy (non-hydrogen) atoms. The van der Waals surface area contributed by atoms with Crippen molar-refractivity contribution in [2.75, 3.05) is 46.7 Å². The summed E-state index contributed by atoms with van der Waals surface area (Å²) >= 11 is 0. The molecule has 1 aliphatic heterocycles. The average molecular weight is 633 g/mol. The summed E-state index contributed by atoms with van der Waals surface area (Å²) in [4.78, 5) is 39.2. The molecular weight excluding hydrogens is 580 g/mol. The van der Waals surface area contributed by atoms with E-state index in [0.717, 1.165) is 5.56 Å². The molecule has 5 N–H and O–H groups in total. The highest BCUT2D eigenvalue weighted by Crippen LogP contribution is 2.28. The number of amides is 3. The fourth-order valence-electron chi connectivity index (χ4n) is 5.43. The summed E-state index contributed by atoms with van der Waals surface area (Å²) in [7, 11) is 6.54. The average Bonchev–Trinajstić information content (AvgIpc) is 2.98. The Kier molecular flexibility index (Phi) is 15.5. The van der Waals surface area contributed by atoms with Crippen molar-refractivity contribution in [3.63, 3.8) is 0 Å². The highest BCUT2D eigenvalue weighted by molar-refractivity contribution is 6.03.